The molecule has 1 aromatic rings. The largest absolute Gasteiger partial charge is 0.480 e. The van der Waals surface area contributed by atoms with Crippen LogP contribution in [0.5, 0.6) is 0 Å². The summed E-state index contributed by atoms with van der Waals surface area (Å²) < 4.78 is 0. The number of aliphatic carboxylic acids is 1. The van der Waals surface area contributed by atoms with Gasteiger partial charge in [0.1, 0.15) is 6.04 Å². The van der Waals surface area contributed by atoms with E-state index in [4.69, 9.17) is 0 Å². The molecule has 3 fully saturated rings. The minimum atomic E-state index is -0.901. The highest BCUT2D eigenvalue weighted by atomic mass is 16.4. The average molecular weight is 342 g/mol. The van der Waals surface area contributed by atoms with Gasteiger partial charge in [0, 0.05) is 30.8 Å². The predicted octanol–water partition coefficient (Wildman–Crippen LogP) is 2.14. The fraction of sp³-hybridized carbons (Fsp3) is 0.526. The number of carboxylic acids is 1. The molecular formula is C19H22N2O4. The topological polar surface area (TPSA) is 77.9 Å². The van der Waals surface area contributed by atoms with Crippen molar-refractivity contribution in [2.75, 3.05) is 18.0 Å². The molecule has 1 aliphatic carbocycles. The average Bonchev–Trinajstić information content (AvgIpc) is 3.29. The van der Waals surface area contributed by atoms with Crippen LogP contribution in [0.2, 0.25) is 0 Å². The summed E-state index contributed by atoms with van der Waals surface area (Å²) in [6, 6.07) is 6.26. The van der Waals surface area contributed by atoms with Gasteiger partial charge in [-0.15, -0.1) is 0 Å². The maximum Gasteiger partial charge on any atom is 0.326 e. The molecule has 4 rings (SSSR count). The van der Waals surface area contributed by atoms with Crippen molar-refractivity contribution in [1.82, 2.24) is 4.90 Å². The molecule has 1 N–H and O–H groups in total. The first-order valence-electron chi connectivity index (χ1n) is 9.00. The zero-order valence-electron chi connectivity index (χ0n) is 14.1. The minimum absolute atomic E-state index is 0.0861. The van der Waals surface area contributed by atoms with E-state index >= 15 is 0 Å². The molecule has 6 heteroatoms. The molecule has 2 aliphatic heterocycles. The quantitative estimate of drug-likeness (QED) is 0.913. The first kappa shape index (κ1) is 16.1. The lowest BCUT2D eigenvalue weighted by atomic mass is 9.94. The van der Waals surface area contributed by atoms with E-state index in [1.54, 1.807) is 29.2 Å². The van der Waals surface area contributed by atoms with Crippen LogP contribution in [0.25, 0.3) is 0 Å². The van der Waals surface area contributed by atoms with Crippen molar-refractivity contribution in [2.45, 2.75) is 38.1 Å². The van der Waals surface area contributed by atoms with Gasteiger partial charge in [0.2, 0.25) is 5.91 Å². The third kappa shape index (κ3) is 2.69. The number of nitrogens with zero attached hydrogens (tertiary/aromatic N) is 2. The van der Waals surface area contributed by atoms with Crippen LogP contribution < -0.4 is 4.90 Å². The van der Waals surface area contributed by atoms with E-state index in [1.807, 2.05) is 0 Å². The summed E-state index contributed by atoms with van der Waals surface area (Å²) in [5, 5.41) is 9.61. The summed E-state index contributed by atoms with van der Waals surface area (Å²) in [5.74, 6) is -0.616. The normalized spacial score (nSPS) is 28.5. The Morgan fingerprint density at radius 1 is 1.08 bits per heavy atom. The van der Waals surface area contributed by atoms with E-state index in [1.165, 1.54) is 4.90 Å². The number of carboxylic acid groups (broad SMARTS) is 1. The Kier molecular flexibility index (Phi) is 3.98. The second-order valence-corrected chi connectivity index (χ2v) is 7.29. The third-order valence-corrected chi connectivity index (χ3v) is 5.90. The van der Waals surface area contributed by atoms with Crippen molar-refractivity contribution in [3.05, 3.63) is 29.8 Å². The van der Waals surface area contributed by atoms with Gasteiger partial charge in [-0.2, -0.15) is 0 Å². The summed E-state index contributed by atoms with van der Waals surface area (Å²) in [6.07, 6.45) is 4.38. The molecule has 0 bridgehead atoms. The Morgan fingerprint density at radius 2 is 1.84 bits per heavy atom. The standard InChI is InChI=1S/C19H22N2O4/c22-16-5-2-10-20(16)14-8-6-12(7-9-14)18(23)21-11-13-3-1-4-15(13)17(21)19(24)25/h6-9,13,15,17H,1-5,10-11H2,(H,24,25)/t13-,15+,17-/m0/s1. The van der Waals surface area contributed by atoms with Gasteiger partial charge in [0.05, 0.1) is 0 Å². The zero-order valence-corrected chi connectivity index (χ0v) is 14.1. The summed E-state index contributed by atoms with van der Waals surface area (Å²) >= 11 is 0. The zero-order chi connectivity index (χ0) is 17.6. The molecule has 2 saturated heterocycles. The van der Waals surface area contributed by atoms with E-state index in [-0.39, 0.29) is 17.7 Å². The fourth-order valence-electron chi connectivity index (χ4n) is 4.70. The molecule has 2 amide bonds. The number of anilines is 1. The first-order valence-corrected chi connectivity index (χ1v) is 9.00. The fourth-order valence-corrected chi connectivity index (χ4v) is 4.70. The van der Waals surface area contributed by atoms with Crippen molar-refractivity contribution >= 4 is 23.5 Å². The molecule has 2 heterocycles. The maximum atomic E-state index is 12.9. The maximum absolute atomic E-state index is 12.9. The molecule has 3 atom stereocenters. The van der Waals surface area contributed by atoms with E-state index in [0.717, 1.165) is 31.4 Å². The minimum Gasteiger partial charge on any atom is -0.480 e. The van der Waals surface area contributed by atoms with E-state index in [0.29, 0.717) is 31.0 Å². The van der Waals surface area contributed by atoms with Crippen LogP contribution in [0.4, 0.5) is 5.69 Å². The Labute approximate surface area is 146 Å². The molecular weight excluding hydrogens is 320 g/mol. The van der Waals surface area contributed by atoms with Crippen LogP contribution in [-0.4, -0.2) is 46.9 Å². The van der Waals surface area contributed by atoms with Crippen LogP contribution in [0, 0.1) is 11.8 Å². The lowest BCUT2D eigenvalue weighted by Gasteiger charge is -2.24. The summed E-state index contributed by atoms with van der Waals surface area (Å²) in [5.41, 5.74) is 1.29. The van der Waals surface area contributed by atoms with Crippen LogP contribution in [0.1, 0.15) is 42.5 Å². The lowest BCUT2D eigenvalue weighted by Crippen LogP contribution is -2.43. The van der Waals surface area contributed by atoms with E-state index in [2.05, 4.69) is 0 Å². The summed E-state index contributed by atoms with van der Waals surface area (Å²) in [6.45, 7) is 1.25. The van der Waals surface area contributed by atoms with Crippen molar-refractivity contribution in [3.8, 4) is 0 Å². The van der Waals surface area contributed by atoms with Crippen molar-refractivity contribution in [2.24, 2.45) is 11.8 Å². The van der Waals surface area contributed by atoms with Crippen LogP contribution in [0.3, 0.4) is 0 Å². The Balaban J connectivity index is 1.54. The number of carbonyl (C=O) groups excluding carboxylic acids is 2. The molecule has 6 nitrogen and oxygen atoms in total. The van der Waals surface area contributed by atoms with Gasteiger partial charge in [-0.1, -0.05) is 6.42 Å². The van der Waals surface area contributed by atoms with E-state index < -0.39 is 12.0 Å². The molecule has 1 aromatic carbocycles. The highest BCUT2D eigenvalue weighted by Crippen LogP contribution is 2.42. The van der Waals surface area contributed by atoms with Crippen molar-refractivity contribution < 1.29 is 19.5 Å². The molecule has 3 aliphatic rings. The number of rotatable bonds is 3. The van der Waals surface area contributed by atoms with E-state index in [9.17, 15) is 19.5 Å². The summed E-state index contributed by atoms with van der Waals surface area (Å²) in [7, 11) is 0. The monoisotopic (exact) mass is 342 g/mol. The highest BCUT2D eigenvalue weighted by Gasteiger charge is 2.49. The van der Waals surface area contributed by atoms with Gasteiger partial charge in [-0.3, -0.25) is 9.59 Å². The van der Waals surface area contributed by atoms with Gasteiger partial charge in [-0.25, -0.2) is 4.79 Å². The molecule has 1 saturated carbocycles. The highest BCUT2D eigenvalue weighted by molar-refractivity contribution is 5.99. The van der Waals surface area contributed by atoms with Crippen molar-refractivity contribution in [1.29, 1.82) is 0 Å². The third-order valence-electron chi connectivity index (χ3n) is 5.90. The number of likely N-dealkylation sites (tertiary alicyclic amines) is 1. The van der Waals surface area contributed by atoms with Gasteiger partial charge in [0.15, 0.2) is 0 Å². The molecule has 132 valence electrons. The second kappa shape index (κ2) is 6.17. The van der Waals surface area contributed by atoms with Crippen molar-refractivity contribution in [3.63, 3.8) is 0 Å². The number of amides is 2. The number of hydrogen-bond donors (Lipinski definition) is 1. The van der Waals surface area contributed by atoms with Crippen LogP contribution in [-0.2, 0) is 9.59 Å². The second-order valence-electron chi connectivity index (χ2n) is 7.29. The SMILES string of the molecule is O=C(O)[C@@H]1[C@@H]2CCC[C@H]2CN1C(=O)c1ccc(N2CCCC2=O)cc1. The van der Waals surface area contributed by atoms with Gasteiger partial charge in [0.25, 0.3) is 5.91 Å². The first-order chi connectivity index (χ1) is 12.1. The van der Waals surface area contributed by atoms with Gasteiger partial charge < -0.3 is 14.9 Å². The van der Waals surface area contributed by atoms with Gasteiger partial charge >= 0.3 is 5.97 Å². The molecule has 0 unspecified atom stereocenters. The lowest BCUT2D eigenvalue weighted by molar-refractivity contribution is -0.142. The molecule has 0 radical (unpaired) electrons. The number of carbonyl (C=O) groups is 3. The van der Waals surface area contributed by atoms with Crippen LogP contribution in [0.15, 0.2) is 24.3 Å². The van der Waals surface area contributed by atoms with Gasteiger partial charge in [-0.05, 0) is 55.4 Å². The number of fused-ring (bicyclic) bond motifs is 1. The predicted molar refractivity (Wildman–Crippen MR) is 91.3 cm³/mol. The molecule has 25 heavy (non-hydrogen) atoms. The molecule has 0 spiro atoms. The van der Waals surface area contributed by atoms with Crippen LogP contribution >= 0.6 is 0 Å². The smallest absolute Gasteiger partial charge is 0.326 e. The number of benzene rings is 1. The summed E-state index contributed by atoms with van der Waals surface area (Å²) in [4.78, 5) is 39.7. The number of hydrogen-bond acceptors (Lipinski definition) is 3. The molecule has 0 aromatic heterocycles. The Morgan fingerprint density at radius 3 is 2.48 bits per heavy atom. The Bertz CT molecular complexity index is 715. The Hall–Kier alpha value is -2.37.